The molecule has 2 aliphatic rings. The van der Waals surface area contributed by atoms with E-state index in [2.05, 4.69) is 52.7 Å². The fraction of sp³-hybridized carbons (Fsp3) is 0.400. The van der Waals surface area contributed by atoms with E-state index in [9.17, 15) is 9.59 Å². The van der Waals surface area contributed by atoms with Crippen molar-refractivity contribution in [3.05, 3.63) is 48.0 Å². The van der Waals surface area contributed by atoms with E-state index in [1.54, 1.807) is 0 Å². The summed E-state index contributed by atoms with van der Waals surface area (Å²) in [6.45, 7) is 4.11. The predicted octanol–water partition coefficient (Wildman–Crippen LogP) is 1.76. The van der Waals surface area contributed by atoms with E-state index in [0.717, 1.165) is 32.7 Å². The average Bonchev–Trinajstić information content (AvgIpc) is 3.08. The van der Waals surface area contributed by atoms with Gasteiger partial charge in [-0.25, -0.2) is 0 Å². The Hall–Kier alpha value is -2.40. The number of nitrogens with one attached hydrogen (secondary N) is 1. The van der Waals surface area contributed by atoms with Gasteiger partial charge in [0.05, 0.1) is 0 Å². The van der Waals surface area contributed by atoms with E-state index in [1.807, 2.05) is 4.90 Å². The van der Waals surface area contributed by atoms with Gasteiger partial charge < -0.3 is 10.2 Å². The lowest BCUT2D eigenvalue weighted by Gasteiger charge is -2.36. The molecule has 0 aromatic heterocycles. The van der Waals surface area contributed by atoms with Crippen LogP contribution < -0.4 is 5.32 Å². The van der Waals surface area contributed by atoms with Crippen LogP contribution in [0.25, 0.3) is 10.8 Å². The maximum Gasteiger partial charge on any atom is 0.245 e. The van der Waals surface area contributed by atoms with Crippen LogP contribution in [0.4, 0.5) is 0 Å². The number of fused-ring (bicyclic) bond motifs is 1. The summed E-state index contributed by atoms with van der Waals surface area (Å²) in [6.07, 6.45) is 1.10. The van der Waals surface area contributed by atoms with Crippen LogP contribution >= 0.6 is 0 Å². The molecule has 0 radical (unpaired) electrons. The Morgan fingerprint density at radius 2 is 1.80 bits per heavy atom. The lowest BCUT2D eigenvalue weighted by molar-refractivity contribution is -0.136. The Morgan fingerprint density at radius 3 is 2.56 bits per heavy atom. The van der Waals surface area contributed by atoms with E-state index in [-0.39, 0.29) is 17.9 Å². The normalized spacial score (nSPS) is 21.5. The highest BCUT2D eigenvalue weighted by Crippen LogP contribution is 2.21. The summed E-state index contributed by atoms with van der Waals surface area (Å²) in [5.41, 5.74) is 1.33. The number of carbonyl (C=O) groups is 2. The van der Waals surface area contributed by atoms with Crippen LogP contribution in [-0.4, -0.2) is 53.8 Å². The molecule has 0 spiro atoms. The first kappa shape index (κ1) is 16.1. The average molecular weight is 337 g/mol. The largest absolute Gasteiger partial charge is 0.344 e. The Kier molecular flexibility index (Phi) is 4.40. The first-order chi connectivity index (χ1) is 12.2. The molecule has 0 bridgehead atoms. The molecule has 2 aliphatic heterocycles. The number of hydrogen-bond donors (Lipinski definition) is 1. The standard InChI is InChI=1S/C20H23N3O2/c24-19-9-8-18(21-19)20(25)23-12-10-22(11-13-23)14-16-6-3-5-15-4-1-2-7-17(15)16/h1-7,18H,8-14H2,(H,21,24)/t18-/m0/s1. The van der Waals surface area contributed by atoms with Gasteiger partial charge in [-0.1, -0.05) is 42.5 Å². The summed E-state index contributed by atoms with van der Waals surface area (Å²) in [4.78, 5) is 28.1. The molecule has 1 N–H and O–H groups in total. The summed E-state index contributed by atoms with van der Waals surface area (Å²) < 4.78 is 0. The topological polar surface area (TPSA) is 52.7 Å². The lowest BCUT2D eigenvalue weighted by atomic mass is 10.0. The van der Waals surface area contributed by atoms with Crippen LogP contribution in [0.1, 0.15) is 18.4 Å². The minimum atomic E-state index is -0.308. The second-order valence-electron chi connectivity index (χ2n) is 6.90. The Bertz CT molecular complexity index is 791. The first-order valence-corrected chi connectivity index (χ1v) is 8.98. The Labute approximate surface area is 147 Å². The smallest absolute Gasteiger partial charge is 0.245 e. The quantitative estimate of drug-likeness (QED) is 0.929. The highest BCUT2D eigenvalue weighted by atomic mass is 16.2. The molecule has 2 saturated heterocycles. The third kappa shape index (κ3) is 3.37. The van der Waals surface area contributed by atoms with Crippen LogP contribution in [0.5, 0.6) is 0 Å². The van der Waals surface area contributed by atoms with Crippen molar-refractivity contribution in [3.63, 3.8) is 0 Å². The van der Waals surface area contributed by atoms with Crippen molar-refractivity contribution in [2.45, 2.75) is 25.4 Å². The molecule has 25 heavy (non-hydrogen) atoms. The zero-order valence-electron chi connectivity index (χ0n) is 14.3. The number of piperazine rings is 1. The number of hydrogen-bond acceptors (Lipinski definition) is 3. The third-order valence-electron chi connectivity index (χ3n) is 5.25. The number of nitrogens with zero attached hydrogens (tertiary/aromatic N) is 2. The number of benzene rings is 2. The second kappa shape index (κ2) is 6.84. The monoisotopic (exact) mass is 337 g/mol. The van der Waals surface area contributed by atoms with E-state index in [4.69, 9.17) is 0 Å². The summed E-state index contributed by atoms with van der Waals surface area (Å²) in [7, 11) is 0. The van der Waals surface area contributed by atoms with Gasteiger partial charge >= 0.3 is 0 Å². The van der Waals surface area contributed by atoms with Gasteiger partial charge in [-0.3, -0.25) is 14.5 Å². The van der Waals surface area contributed by atoms with Gasteiger partial charge in [0.15, 0.2) is 0 Å². The molecule has 5 heteroatoms. The fourth-order valence-electron chi connectivity index (χ4n) is 3.82. The highest BCUT2D eigenvalue weighted by molar-refractivity contribution is 5.91. The van der Waals surface area contributed by atoms with E-state index < -0.39 is 0 Å². The molecule has 0 aliphatic carbocycles. The van der Waals surface area contributed by atoms with Crippen LogP contribution in [0, 0.1) is 0 Å². The predicted molar refractivity (Wildman–Crippen MR) is 97.0 cm³/mol. The molecule has 130 valence electrons. The van der Waals surface area contributed by atoms with Gasteiger partial charge in [0.2, 0.25) is 11.8 Å². The molecule has 1 atom stereocenters. The number of amides is 2. The molecule has 2 heterocycles. The minimum Gasteiger partial charge on any atom is -0.344 e. The maximum atomic E-state index is 12.5. The van der Waals surface area contributed by atoms with Crippen molar-refractivity contribution in [1.82, 2.24) is 15.1 Å². The molecule has 4 rings (SSSR count). The highest BCUT2D eigenvalue weighted by Gasteiger charge is 2.32. The SMILES string of the molecule is O=C1CC[C@@H](C(=O)N2CCN(Cc3cccc4ccccc34)CC2)N1. The molecule has 0 saturated carbocycles. The molecule has 2 aromatic rings. The number of rotatable bonds is 3. The Balaban J connectivity index is 1.37. The van der Waals surface area contributed by atoms with Gasteiger partial charge in [0.25, 0.3) is 0 Å². The molecular formula is C20H23N3O2. The first-order valence-electron chi connectivity index (χ1n) is 8.98. The third-order valence-corrected chi connectivity index (χ3v) is 5.25. The van der Waals surface area contributed by atoms with Crippen molar-refractivity contribution in [2.75, 3.05) is 26.2 Å². The molecule has 2 amide bonds. The van der Waals surface area contributed by atoms with Gasteiger partial charge in [0, 0.05) is 39.1 Å². The molecule has 5 nitrogen and oxygen atoms in total. The molecule has 2 fully saturated rings. The van der Waals surface area contributed by atoms with E-state index >= 15 is 0 Å². The van der Waals surface area contributed by atoms with Crippen LogP contribution in [0.2, 0.25) is 0 Å². The number of carbonyl (C=O) groups excluding carboxylic acids is 2. The van der Waals surface area contributed by atoms with E-state index in [0.29, 0.717) is 12.8 Å². The summed E-state index contributed by atoms with van der Waals surface area (Å²) >= 11 is 0. The lowest BCUT2D eigenvalue weighted by Crippen LogP contribution is -2.53. The van der Waals surface area contributed by atoms with Gasteiger partial charge in [-0.05, 0) is 22.8 Å². The van der Waals surface area contributed by atoms with Crippen molar-refractivity contribution < 1.29 is 9.59 Å². The Morgan fingerprint density at radius 1 is 1.04 bits per heavy atom. The van der Waals surface area contributed by atoms with Crippen molar-refractivity contribution in [1.29, 1.82) is 0 Å². The van der Waals surface area contributed by atoms with Crippen LogP contribution in [0.3, 0.4) is 0 Å². The van der Waals surface area contributed by atoms with Crippen molar-refractivity contribution >= 4 is 22.6 Å². The van der Waals surface area contributed by atoms with Gasteiger partial charge in [-0.15, -0.1) is 0 Å². The van der Waals surface area contributed by atoms with Crippen LogP contribution in [-0.2, 0) is 16.1 Å². The summed E-state index contributed by atoms with van der Waals surface area (Å²) in [5, 5.41) is 5.35. The van der Waals surface area contributed by atoms with Gasteiger partial charge in [-0.2, -0.15) is 0 Å². The van der Waals surface area contributed by atoms with Crippen molar-refractivity contribution in [2.24, 2.45) is 0 Å². The molecule has 2 aromatic carbocycles. The molecule has 0 unspecified atom stereocenters. The fourth-order valence-corrected chi connectivity index (χ4v) is 3.82. The maximum absolute atomic E-state index is 12.5. The summed E-state index contributed by atoms with van der Waals surface area (Å²) in [5.74, 6) is 0.0728. The second-order valence-corrected chi connectivity index (χ2v) is 6.90. The van der Waals surface area contributed by atoms with E-state index in [1.165, 1.54) is 16.3 Å². The zero-order chi connectivity index (χ0) is 17.2. The van der Waals surface area contributed by atoms with Gasteiger partial charge in [0.1, 0.15) is 6.04 Å². The molecular weight excluding hydrogens is 314 g/mol. The minimum absolute atomic E-state index is 0.00654. The van der Waals surface area contributed by atoms with Crippen molar-refractivity contribution in [3.8, 4) is 0 Å². The van der Waals surface area contributed by atoms with Crippen LogP contribution in [0.15, 0.2) is 42.5 Å². The zero-order valence-corrected chi connectivity index (χ0v) is 14.3. The summed E-state index contributed by atoms with van der Waals surface area (Å²) in [6, 6.07) is 14.6.